The third-order valence-electron chi connectivity index (χ3n) is 3.39. The number of halogens is 2. The van der Waals surface area contributed by atoms with Gasteiger partial charge in [0.15, 0.2) is 0 Å². The van der Waals surface area contributed by atoms with Crippen LogP contribution in [0.1, 0.15) is 23.7 Å². The molecule has 0 spiro atoms. The van der Waals surface area contributed by atoms with Crippen LogP contribution in [0.4, 0.5) is 0 Å². The molecule has 0 bridgehead atoms. The minimum atomic E-state index is -0.975. The lowest BCUT2D eigenvalue weighted by Gasteiger charge is -2.26. The molecule has 0 aromatic heterocycles. The van der Waals surface area contributed by atoms with E-state index in [9.17, 15) is 9.90 Å². The number of benzene rings is 1. The average Bonchev–Trinajstić information content (AvgIpc) is 2.67. The highest BCUT2D eigenvalue weighted by Crippen LogP contribution is 2.25. The fourth-order valence-electron chi connectivity index (χ4n) is 2.01. The van der Waals surface area contributed by atoms with Crippen LogP contribution in [-0.2, 0) is 4.74 Å². The van der Waals surface area contributed by atoms with Gasteiger partial charge in [-0.25, -0.2) is 0 Å². The van der Waals surface area contributed by atoms with Gasteiger partial charge in [-0.15, -0.1) is 0 Å². The van der Waals surface area contributed by atoms with Crippen LogP contribution in [0, 0.1) is 0 Å². The third kappa shape index (κ3) is 3.37. The van der Waals surface area contributed by atoms with Gasteiger partial charge in [-0.2, -0.15) is 0 Å². The fourth-order valence-corrected chi connectivity index (χ4v) is 3.23. The summed E-state index contributed by atoms with van der Waals surface area (Å²) in [6, 6.07) is 5.34. The molecule has 1 heterocycles. The third-order valence-corrected chi connectivity index (χ3v) is 4.54. The summed E-state index contributed by atoms with van der Waals surface area (Å²) >= 11 is 6.68. The molecule has 0 radical (unpaired) electrons. The Kier molecular flexibility index (Phi) is 4.66. The first-order valence-electron chi connectivity index (χ1n) is 5.99. The van der Waals surface area contributed by atoms with E-state index < -0.39 is 5.60 Å². The van der Waals surface area contributed by atoms with Gasteiger partial charge in [-0.05, 0) is 41.1 Å². The van der Waals surface area contributed by atoms with E-state index in [4.69, 9.17) is 4.74 Å². The zero-order valence-electron chi connectivity index (χ0n) is 10.5. The number of amides is 1. The molecule has 104 valence electrons. The summed E-state index contributed by atoms with van der Waals surface area (Å²) < 4.78 is 6.94. The van der Waals surface area contributed by atoms with Crippen molar-refractivity contribution in [1.82, 2.24) is 5.32 Å². The van der Waals surface area contributed by atoms with E-state index >= 15 is 0 Å². The molecule has 1 aliphatic rings. The summed E-state index contributed by atoms with van der Waals surface area (Å²) in [6.45, 7) is 2.53. The summed E-state index contributed by atoms with van der Waals surface area (Å²) in [5, 5.41) is 13.1. The van der Waals surface area contributed by atoms with Crippen LogP contribution >= 0.6 is 31.9 Å². The highest BCUT2D eigenvalue weighted by atomic mass is 79.9. The monoisotopic (exact) mass is 391 g/mol. The van der Waals surface area contributed by atoms with Crippen LogP contribution in [0.2, 0.25) is 0 Å². The fraction of sp³-hybridized carbons (Fsp3) is 0.462. The van der Waals surface area contributed by atoms with Gasteiger partial charge >= 0.3 is 0 Å². The number of carbonyl (C=O) groups excluding carboxylic acids is 1. The molecule has 1 aromatic rings. The van der Waals surface area contributed by atoms with E-state index in [-0.39, 0.29) is 18.6 Å². The topological polar surface area (TPSA) is 58.6 Å². The number of nitrogens with one attached hydrogen (secondary N) is 1. The van der Waals surface area contributed by atoms with E-state index in [1.807, 2.05) is 13.0 Å². The summed E-state index contributed by atoms with van der Waals surface area (Å²) in [4.78, 5) is 12.1. The van der Waals surface area contributed by atoms with Crippen molar-refractivity contribution in [3.63, 3.8) is 0 Å². The van der Waals surface area contributed by atoms with Crippen molar-refractivity contribution in [3.8, 4) is 0 Å². The molecule has 2 unspecified atom stereocenters. The molecule has 0 saturated carbocycles. The van der Waals surface area contributed by atoms with Gasteiger partial charge in [-0.3, -0.25) is 4.79 Å². The van der Waals surface area contributed by atoms with Crippen molar-refractivity contribution in [2.24, 2.45) is 0 Å². The zero-order chi connectivity index (χ0) is 14.0. The Labute approximate surface area is 128 Å². The lowest BCUT2D eigenvalue weighted by atomic mass is 9.96. The van der Waals surface area contributed by atoms with Crippen LogP contribution in [0.5, 0.6) is 0 Å². The van der Waals surface area contributed by atoms with E-state index in [0.717, 1.165) is 4.47 Å². The normalized spacial score (nSPS) is 26.4. The standard InChI is InChI=1S/C13H15Br2NO3/c1-8-13(18,4-5-19-8)7-16-12(17)10-3-2-9(14)6-11(10)15/h2-3,6,8,18H,4-5,7H2,1H3,(H,16,17). The second-order valence-corrected chi connectivity index (χ2v) is 6.44. The minimum Gasteiger partial charge on any atom is -0.385 e. The molecule has 1 saturated heterocycles. The van der Waals surface area contributed by atoms with Crippen molar-refractivity contribution in [3.05, 3.63) is 32.7 Å². The first-order valence-corrected chi connectivity index (χ1v) is 7.58. The first kappa shape index (κ1) is 15.0. The van der Waals surface area contributed by atoms with Crippen molar-refractivity contribution < 1.29 is 14.6 Å². The lowest BCUT2D eigenvalue weighted by Crippen LogP contribution is -2.47. The van der Waals surface area contributed by atoms with E-state index in [1.165, 1.54) is 0 Å². The number of ether oxygens (including phenoxy) is 1. The van der Waals surface area contributed by atoms with Gasteiger partial charge in [-0.1, -0.05) is 15.9 Å². The van der Waals surface area contributed by atoms with Gasteiger partial charge in [0, 0.05) is 28.5 Å². The quantitative estimate of drug-likeness (QED) is 0.830. The maximum absolute atomic E-state index is 12.1. The van der Waals surface area contributed by atoms with Crippen molar-refractivity contribution in [2.75, 3.05) is 13.2 Å². The van der Waals surface area contributed by atoms with E-state index in [2.05, 4.69) is 37.2 Å². The van der Waals surface area contributed by atoms with Crippen LogP contribution in [0.25, 0.3) is 0 Å². The second-order valence-electron chi connectivity index (χ2n) is 4.67. The molecule has 2 rings (SSSR count). The predicted molar refractivity (Wildman–Crippen MR) is 79.2 cm³/mol. The Balaban J connectivity index is 2.02. The molecule has 1 aliphatic heterocycles. The smallest absolute Gasteiger partial charge is 0.252 e. The summed E-state index contributed by atoms with van der Waals surface area (Å²) in [5.74, 6) is -0.216. The summed E-state index contributed by atoms with van der Waals surface area (Å²) in [7, 11) is 0. The van der Waals surface area contributed by atoms with Gasteiger partial charge < -0.3 is 15.2 Å². The van der Waals surface area contributed by atoms with Gasteiger partial charge in [0.05, 0.1) is 11.7 Å². The largest absolute Gasteiger partial charge is 0.385 e. The Morgan fingerprint density at radius 2 is 2.32 bits per heavy atom. The highest BCUT2D eigenvalue weighted by molar-refractivity contribution is 9.11. The van der Waals surface area contributed by atoms with Crippen molar-refractivity contribution >= 4 is 37.8 Å². The van der Waals surface area contributed by atoms with Crippen LogP contribution < -0.4 is 5.32 Å². The van der Waals surface area contributed by atoms with Gasteiger partial charge in [0.2, 0.25) is 0 Å². The number of rotatable bonds is 3. The Morgan fingerprint density at radius 1 is 1.58 bits per heavy atom. The molecule has 1 amide bonds. The van der Waals surface area contributed by atoms with E-state index in [0.29, 0.717) is 23.1 Å². The van der Waals surface area contributed by atoms with Crippen LogP contribution in [-0.4, -0.2) is 35.9 Å². The Bertz CT molecular complexity index is 495. The molecule has 2 N–H and O–H groups in total. The second kappa shape index (κ2) is 5.91. The van der Waals surface area contributed by atoms with E-state index in [1.54, 1.807) is 12.1 Å². The number of aliphatic hydroxyl groups is 1. The summed E-state index contributed by atoms with van der Waals surface area (Å²) in [5.41, 5.74) is -0.435. The molecule has 4 nitrogen and oxygen atoms in total. The van der Waals surface area contributed by atoms with Crippen molar-refractivity contribution in [2.45, 2.75) is 25.0 Å². The Hall–Kier alpha value is -0.430. The maximum Gasteiger partial charge on any atom is 0.252 e. The molecule has 0 aliphatic carbocycles. The summed E-state index contributed by atoms with van der Waals surface area (Å²) in [6.07, 6.45) is 0.275. The molecular weight excluding hydrogens is 378 g/mol. The highest BCUT2D eigenvalue weighted by Gasteiger charge is 2.39. The molecule has 2 atom stereocenters. The van der Waals surface area contributed by atoms with Gasteiger partial charge in [0.1, 0.15) is 5.60 Å². The van der Waals surface area contributed by atoms with Crippen LogP contribution in [0.3, 0.4) is 0 Å². The molecule has 19 heavy (non-hydrogen) atoms. The molecule has 6 heteroatoms. The zero-order valence-corrected chi connectivity index (χ0v) is 13.6. The lowest BCUT2D eigenvalue weighted by molar-refractivity contribution is -0.0251. The molecule has 1 fully saturated rings. The maximum atomic E-state index is 12.1. The first-order chi connectivity index (χ1) is 8.92. The number of hydrogen-bond donors (Lipinski definition) is 2. The number of carbonyl (C=O) groups is 1. The number of hydrogen-bond acceptors (Lipinski definition) is 3. The minimum absolute atomic E-state index is 0.190. The molecular formula is C13H15Br2NO3. The molecule has 1 aromatic carbocycles. The van der Waals surface area contributed by atoms with Crippen LogP contribution in [0.15, 0.2) is 27.1 Å². The van der Waals surface area contributed by atoms with Gasteiger partial charge in [0.25, 0.3) is 5.91 Å². The van der Waals surface area contributed by atoms with Crippen molar-refractivity contribution in [1.29, 1.82) is 0 Å². The predicted octanol–water partition coefficient (Wildman–Crippen LogP) is 2.48. The Morgan fingerprint density at radius 3 is 2.89 bits per heavy atom. The SMILES string of the molecule is CC1OCCC1(O)CNC(=O)c1ccc(Br)cc1Br. The average molecular weight is 393 g/mol.